The molecule has 0 spiro atoms. The van der Waals surface area contributed by atoms with Gasteiger partial charge in [0.05, 0.1) is 11.6 Å². The van der Waals surface area contributed by atoms with Crippen molar-refractivity contribution in [2.45, 2.75) is 68.3 Å². The molecular formula is C33H30F6N6O4. The molecular weight excluding hydrogens is 658 g/mol. The number of fused-ring (bicyclic) bond motifs is 7. The lowest BCUT2D eigenvalue weighted by Gasteiger charge is -2.40. The van der Waals surface area contributed by atoms with Crippen LogP contribution in [-0.2, 0) is 0 Å². The number of phenolic OH excluding ortho intramolecular Hbond substituents is 1. The van der Waals surface area contributed by atoms with E-state index in [0.717, 1.165) is 56.5 Å². The molecule has 16 heteroatoms. The molecule has 5 aliphatic rings. The second-order valence-corrected chi connectivity index (χ2v) is 13.6. The zero-order valence-electron chi connectivity index (χ0n) is 25.9. The van der Waals surface area contributed by atoms with Gasteiger partial charge in [-0.15, -0.1) is 13.2 Å². The number of nitrogens with zero attached hydrogens (tertiary/aromatic N) is 5. The molecule has 258 valence electrons. The predicted octanol–water partition coefficient (Wildman–Crippen LogP) is 5.38. The summed E-state index contributed by atoms with van der Waals surface area (Å²) in [5, 5.41) is 13.8. The van der Waals surface area contributed by atoms with Crippen LogP contribution in [0.5, 0.6) is 23.4 Å². The second kappa shape index (κ2) is 10.8. The number of anilines is 1. The van der Waals surface area contributed by atoms with Crippen LogP contribution in [0.25, 0.3) is 32.9 Å². The highest BCUT2D eigenvalue weighted by Gasteiger charge is 2.50. The van der Waals surface area contributed by atoms with E-state index in [0.29, 0.717) is 25.3 Å². The van der Waals surface area contributed by atoms with Crippen molar-refractivity contribution in [3.8, 4) is 34.6 Å². The van der Waals surface area contributed by atoms with Gasteiger partial charge >= 0.3 is 12.4 Å². The molecule has 4 fully saturated rings. The number of halogens is 6. The first-order valence-corrected chi connectivity index (χ1v) is 16.3. The van der Waals surface area contributed by atoms with Gasteiger partial charge in [0, 0.05) is 42.5 Å². The number of aromatic nitrogens is 3. The van der Waals surface area contributed by atoms with Gasteiger partial charge in [0.15, 0.2) is 17.4 Å². The zero-order valence-corrected chi connectivity index (χ0v) is 25.9. The number of benzene rings is 2. The molecule has 0 amide bonds. The van der Waals surface area contributed by atoms with Crippen molar-refractivity contribution in [3.63, 3.8) is 0 Å². The van der Waals surface area contributed by atoms with Crippen LogP contribution < -0.4 is 24.4 Å². The zero-order chi connectivity index (χ0) is 33.8. The molecule has 0 saturated carbocycles. The van der Waals surface area contributed by atoms with Gasteiger partial charge in [-0.25, -0.2) is 18.2 Å². The average Bonchev–Trinajstić information content (AvgIpc) is 3.68. The number of rotatable bonds is 5. The number of pyridine rings is 1. The lowest BCUT2D eigenvalue weighted by atomic mass is 9.95. The van der Waals surface area contributed by atoms with Crippen molar-refractivity contribution in [3.05, 3.63) is 35.9 Å². The summed E-state index contributed by atoms with van der Waals surface area (Å²) in [5.74, 6) is -3.82. The maximum Gasteiger partial charge on any atom is 0.573 e. The summed E-state index contributed by atoms with van der Waals surface area (Å²) in [7, 11) is 0. The van der Waals surface area contributed by atoms with Crippen LogP contribution in [0, 0.1) is 11.6 Å². The molecule has 4 saturated heterocycles. The molecule has 9 rings (SSSR count). The van der Waals surface area contributed by atoms with Crippen LogP contribution in [0.1, 0.15) is 32.1 Å². The highest BCUT2D eigenvalue weighted by molar-refractivity contribution is 6.04. The molecule has 5 atom stereocenters. The third-order valence-electron chi connectivity index (χ3n) is 10.6. The van der Waals surface area contributed by atoms with Gasteiger partial charge < -0.3 is 29.5 Å². The molecule has 2 aromatic heterocycles. The minimum absolute atomic E-state index is 0.0396. The molecule has 10 nitrogen and oxygen atoms in total. The molecule has 2 N–H and O–H groups in total. The van der Waals surface area contributed by atoms with Crippen LogP contribution in [0.2, 0.25) is 0 Å². The molecule has 0 unspecified atom stereocenters. The molecule has 0 radical (unpaired) electrons. The molecule has 49 heavy (non-hydrogen) atoms. The van der Waals surface area contributed by atoms with Crippen molar-refractivity contribution < 1.29 is 45.7 Å². The number of ether oxygens (including phenoxy) is 3. The van der Waals surface area contributed by atoms with Crippen molar-refractivity contribution >= 4 is 27.5 Å². The number of piperazine rings is 1. The van der Waals surface area contributed by atoms with Gasteiger partial charge in [-0.3, -0.25) is 4.90 Å². The molecule has 2 bridgehead atoms. The summed E-state index contributed by atoms with van der Waals surface area (Å²) in [6.45, 7) is 1.78. The van der Waals surface area contributed by atoms with E-state index in [1.807, 2.05) is 4.90 Å². The second-order valence-electron chi connectivity index (χ2n) is 13.6. The maximum atomic E-state index is 17.0. The Hall–Kier alpha value is -4.31. The van der Waals surface area contributed by atoms with E-state index >= 15 is 4.39 Å². The van der Waals surface area contributed by atoms with E-state index < -0.39 is 52.3 Å². The number of phenols is 1. The van der Waals surface area contributed by atoms with Crippen LogP contribution in [0.4, 0.5) is 32.2 Å². The highest BCUT2D eigenvalue weighted by atomic mass is 19.4. The van der Waals surface area contributed by atoms with E-state index in [-0.39, 0.29) is 65.1 Å². The Balaban J connectivity index is 1.24. The number of hydrogen-bond donors (Lipinski definition) is 2. The van der Waals surface area contributed by atoms with Crippen molar-refractivity contribution in [1.82, 2.24) is 25.2 Å². The fourth-order valence-corrected chi connectivity index (χ4v) is 8.60. The van der Waals surface area contributed by atoms with Crippen LogP contribution in [0.3, 0.4) is 0 Å². The molecule has 0 aliphatic carbocycles. The van der Waals surface area contributed by atoms with Crippen molar-refractivity contribution in [2.24, 2.45) is 0 Å². The minimum Gasteiger partial charge on any atom is -0.508 e. The SMILES string of the molecule is Oc1cc(-c2nc3c4c(nc(OC[C@@]56CCCN5C[C@H](F)C6)nc4c2F)N2C[C@H]4CC[C@H](N4)[C@H]2CO3)c2c(OC(F)(F)F)c(F)ccc2c1. The Morgan fingerprint density at radius 1 is 1.08 bits per heavy atom. The number of alkyl halides is 4. The number of hydrogen-bond acceptors (Lipinski definition) is 10. The Bertz CT molecular complexity index is 2020. The molecule has 4 aromatic rings. The third-order valence-corrected chi connectivity index (χ3v) is 10.6. The van der Waals surface area contributed by atoms with Crippen LogP contribution >= 0.6 is 0 Å². The first-order chi connectivity index (χ1) is 23.5. The summed E-state index contributed by atoms with van der Waals surface area (Å²) >= 11 is 0. The van der Waals surface area contributed by atoms with Crippen molar-refractivity contribution in [1.29, 1.82) is 0 Å². The minimum atomic E-state index is -5.28. The third kappa shape index (κ3) is 4.96. The topological polar surface area (TPSA) is 105 Å². The number of nitrogens with one attached hydrogen (secondary N) is 1. The summed E-state index contributed by atoms with van der Waals surface area (Å²) < 4.78 is 104. The average molecular weight is 689 g/mol. The monoisotopic (exact) mass is 688 g/mol. The smallest absolute Gasteiger partial charge is 0.508 e. The van der Waals surface area contributed by atoms with Gasteiger partial charge in [-0.2, -0.15) is 9.97 Å². The number of aromatic hydroxyl groups is 1. The summed E-state index contributed by atoms with van der Waals surface area (Å²) in [6, 6.07) is 3.80. The highest BCUT2D eigenvalue weighted by Crippen LogP contribution is 2.47. The van der Waals surface area contributed by atoms with E-state index in [1.54, 1.807) is 0 Å². The van der Waals surface area contributed by atoms with E-state index in [1.165, 1.54) is 0 Å². The first kappa shape index (κ1) is 30.7. The summed E-state index contributed by atoms with van der Waals surface area (Å²) in [4.78, 5) is 17.8. The summed E-state index contributed by atoms with van der Waals surface area (Å²) in [5.41, 5.74) is -1.75. The van der Waals surface area contributed by atoms with Crippen LogP contribution in [0.15, 0.2) is 24.3 Å². The van der Waals surface area contributed by atoms with E-state index in [2.05, 4.69) is 24.9 Å². The lowest BCUT2D eigenvalue weighted by molar-refractivity contribution is -0.275. The fourth-order valence-electron chi connectivity index (χ4n) is 8.60. The van der Waals surface area contributed by atoms with E-state index in [4.69, 9.17) is 14.5 Å². The van der Waals surface area contributed by atoms with Gasteiger partial charge in [-0.05, 0) is 55.8 Å². The van der Waals surface area contributed by atoms with Gasteiger partial charge in [0.2, 0.25) is 5.88 Å². The molecule has 5 aliphatic heterocycles. The fraction of sp³-hybridized carbons (Fsp3) is 0.485. The Kier molecular flexibility index (Phi) is 6.80. The molecule has 7 heterocycles. The largest absolute Gasteiger partial charge is 0.573 e. The van der Waals surface area contributed by atoms with Gasteiger partial charge in [0.1, 0.15) is 47.5 Å². The van der Waals surface area contributed by atoms with Crippen molar-refractivity contribution in [2.75, 3.05) is 37.7 Å². The quantitative estimate of drug-likeness (QED) is 0.266. The predicted molar refractivity (Wildman–Crippen MR) is 164 cm³/mol. The standard InChI is InChI=1S/C33H30F6N6O4/c34-16-10-32(6-1-7-44(32)11-16)14-48-31-42-27-24-29(43-31)45-12-17-3-5-21(40-17)22(45)13-47-30(24)41-26(25(27)36)19-9-18(46)8-15-2-4-20(35)28(23(15)19)49-33(37,38)39/h2,4,8-9,16-17,21-22,40,46H,1,3,5-7,10-14H2/t16-,17-,21+,22-,32+/m1/s1. The normalized spacial score (nSPS) is 27.7. The Labute approximate surface area is 275 Å². The van der Waals surface area contributed by atoms with E-state index in [9.17, 15) is 27.1 Å². The molecule has 2 aromatic carbocycles. The lowest BCUT2D eigenvalue weighted by Crippen LogP contribution is -2.60. The Morgan fingerprint density at radius 2 is 1.94 bits per heavy atom. The maximum absolute atomic E-state index is 17.0. The Morgan fingerprint density at radius 3 is 2.78 bits per heavy atom. The van der Waals surface area contributed by atoms with Gasteiger partial charge in [0.25, 0.3) is 0 Å². The van der Waals surface area contributed by atoms with Crippen LogP contribution in [-0.4, -0.2) is 94.0 Å². The first-order valence-electron chi connectivity index (χ1n) is 16.3. The summed E-state index contributed by atoms with van der Waals surface area (Å²) in [6.07, 6.45) is -2.58. The van der Waals surface area contributed by atoms with Gasteiger partial charge in [-0.1, -0.05) is 6.07 Å².